The maximum Gasteiger partial charge on any atom is 0.336 e. The van der Waals surface area contributed by atoms with E-state index in [0.717, 1.165) is 16.5 Å². The number of aryl methyl sites for hydroxylation is 2. The lowest BCUT2D eigenvalue weighted by Crippen LogP contribution is -2.20. The van der Waals surface area contributed by atoms with E-state index in [0.29, 0.717) is 22.7 Å². The number of nitrogens with one attached hydrogen (secondary N) is 1. The summed E-state index contributed by atoms with van der Waals surface area (Å²) in [5.74, 6) is -0.0246. The molecular weight excluding hydrogens is 354 g/mol. The molecule has 2 aromatic carbocycles. The fourth-order valence-corrected chi connectivity index (χ4v) is 2.83. The van der Waals surface area contributed by atoms with Crippen molar-refractivity contribution in [1.82, 2.24) is 0 Å². The molecule has 3 aromatic rings. The third kappa shape index (κ3) is 4.06. The van der Waals surface area contributed by atoms with Crippen LogP contribution in [0.1, 0.15) is 18.1 Å². The summed E-state index contributed by atoms with van der Waals surface area (Å²) in [6.45, 7) is 3.71. The quantitative estimate of drug-likeness (QED) is 0.677. The highest BCUT2D eigenvalue weighted by molar-refractivity contribution is 6.32. The summed E-state index contributed by atoms with van der Waals surface area (Å²) < 4.78 is 10.7. The molecule has 26 heavy (non-hydrogen) atoms. The van der Waals surface area contributed by atoms with Crippen molar-refractivity contribution in [1.29, 1.82) is 0 Å². The normalized spacial score (nSPS) is 10.7. The van der Waals surface area contributed by atoms with Gasteiger partial charge in [0.1, 0.15) is 11.3 Å². The van der Waals surface area contributed by atoms with Gasteiger partial charge in [-0.05, 0) is 37.1 Å². The van der Waals surface area contributed by atoms with Gasteiger partial charge in [-0.3, -0.25) is 4.79 Å². The number of hydrogen-bond donors (Lipinski definition) is 1. The molecule has 0 fully saturated rings. The summed E-state index contributed by atoms with van der Waals surface area (Å²) in [4.78, 5) is 23.7. The molecule has 0 saturated heterocycles. The van der Waals surface area contributed by atoms with Crippen LogP contribution in [-0.2, 0) is 11.2 Å². The van der Waals surface area contributed by atoms with Crippen LogP contribution in [0.2, 0.25) is 5.02 Å². The predicted octanol–water partition coefficient (Wildman–Crippen LogP) is 4.33. The van der Waals surface area contributed by atoms with Crippen molar-refractivity contribution in [2.24, 2.45) is 0 Å². The number of carbonyl (C=O) groups is 1. The molecule has 3 rings (SSSR count). The van der Waals surface area contributed by atoms with Crippen LogP contribution in [0.15, 0.2) is 51.7 Å². The first-order valence-corrected chi connectivity index (χ1v) is 8.59. The van der Waals surface area contributed by atoms with Gasteiger partial charge in [0, 0.05) is 23.2 Å². The molecule has 1 amide bonds. The average molecular weight is 372 g/mol. The molecule has 1 N–H and O–H groups in total. The first-order valence-electron chi connectivity index (χ1n) is 8.22. The van der Waals surface area contributed by atoms with E-state index < -0.39 is 5.63 Å². The zero-order chi connectivity index (χ0) is 18.7. The molecule has 0 spiro atoms. The fourth-order valence-electron chi connectivity index (χ4n) is 2.61. The van der Waals surface area contributed by atoms with Gasteiger partial charge in [0.15, 0.2) is 6.61 Å². The molecular formula is C20H18ClNO4. The Balaban J connectivity index is 1.76. The van der Waals surface area contributed by atoms with Gasteiger partial charge in [-0.15, -0.1) is 0 Å². The highest BCUT2D eigenvalue weighted by Crippen LogP contribution is 2.31. The Morgan fingerprint density at radius 3 is 2.62 bits per heavy atom. The van der Waals surface area contributed by atoms with Crippen LogP contribution in [0, 0.1) is 6.92 Å². The second-order valence-corrected chi connectivity index (χ2v) is 6.33. The van der Waals surface area contributed by atoms with E-state index in [1.165, 1.54) is 12.1 Å². The van der Waals surface area contributed by atoms with Gasteiger partial charge in [0.25, 0.3) is 5.91 Å². The number of carbonyl (C=O) groups excluding carboxylic acids is 1. The van der Waals surface area contributed by atoms with Crippen LogP contribution < -0.4 is 15.7 Å². The number of halogens is 1. The Labute approximate surface area is 155 Å². The number of fused-ring (bicyclic) bond motifs is 1. The molecule has 5 nitrogen and oxygen atoms in total. The largest absolute Gasteiger partial charge is 0.482 e. The number of amides is 1. The van der Waals surface area contributed by atoms with Gasteiger partial charge in [-0.25, -0.2) is 4.79 Å². The minimum Gasteiger partial charge on any atom is -0.482 e. The summed E-state index contributed by atoms with van der Waals surface area (Å²) in [5, 5.41) is 3.85. The Morgan fingerprint density at radius 1 is 1.19 bits per heavy atom. The summed E-state index contributed by atoms with van der Waals surface area (Å²) >= 11 is 6.26. The van der Waals surface area contributed by atoms with Crippen molar-refractivity contribution in [2.75, 3.05) is 11.9 Å². The maximum atomic E-state index is 12.0. The monoisotopic (exact) mass is 371 g/mol. The van der Waals surface area contributed by atoms with Gasteiger partial charge in [0.2, 0.25) is 0 Å². The molecule has 1 aromatic heterocycles. The number of rotatable bonds is 5. The van der Waals surface area contributed by atoms with Crippen LogP contribution in [0.3, 0.4) is 0 Å². The molecule has 1 heterocycles. The number of hydrogen-bond acceptors (Lipinski definition) is 4. The Kier molecular flexibility index (Phi) is 5.28. The molecule has 134 valence electrons. The molecule has 0 atom stereocenters. The minimum absolute atomic E-state index is 0.212. The van der Waals surface area contributed by atoms with E-state index in [9.17, 15) is 9.59 Å². The Morgan fingerprint density at radius 2 is 1.92 bits per heavy atom. The lowest BCUT2D eigenvalue weighted by atomic mass is 10.1. The Bertz CT molecular complexity index is 1010. The lowest BCUT2D eigenvalue weighted by molar-refractivity contribution is -0.118. The zero-order valence-corrected chi connectivity index (χ0v) is 15.2. The maximum absolute atomic E-state index is 12.0. The summed E-state index contributed by atoms with van der Waals surface area (Å²) in [7, 11) is 0. The van der Waals surface area contributed by atoms with Crippen molar-refractivity contribution in [3.63, 3.8) is 0 Å². The average Bonchev–Trinajstić information content (AvgIpc) is 2.61. The van der Waals surface area contributed by atoms with E-state index in [2.05, 4.69) is 5.32 Å². The molecule has 0 aliphatic carbocycles. The first kappa shape index (κ1) is 18.0. The van der Waals surface area contributed by atoms with Crippen molar-refractivity contribution >= 4 is 34.2 Å². The molecule has 0 aliphatic rings. The molecule has 0 radical (unpaired) electrons. The third-order valence-corrected chi connectivity index (χ3v) is 4.25. The lowest BCUT2D eigenvalue weighted by Gasteiger charge is -2.11. The highest BCUT2D eigenvalue weighted by Gasteiger charge is 2.12. The van der Waals surface area contributed by atoms with Crippen LogP contribution in [0.25, 0.3) is 11.0 Å². The second kappa shape index (κ2) is 7.62. The molecule has 6 heteroatoms. The highest BCUT2D eigenvalue weighted by atomic mass is 35.5. The Hall–Kier alpha value is -2.79. The predicted molar refractivity (Wildman–Crippen MR) is 102 cm³/mol. The van der Waals surface area contributed by atoms with Gasteiger partial charge >= 0.3 is 5.63 Å². The molecule has 0 saturated carbocycles. The summed E-state index contributed by atoms with van der Waals surface area (Å²) in [6, 6.07) is 12.1. The zero-order valence-electron chi connectivity index (χ0n) is 14.5. The van der Waals surface area contributed by atoms with Gasteiger partial charge in [-0.2, -0.15) is 0 Å². The van der Waals surface area contributed by atoms with Crippen molar-refractivity contribution in [3.8, 4) is 5.75 Å². The van der Waals surface area contributed by atoms with Crippen LogP contribution in [0.5, 0.6) is 5.75 Å². The van der Waals surface area contributed by atoms with Crippen LogP contribution in [-0.4, -0.2) is 12.5 Å². The van der Waals surface area contributed by atoms with Crippen molar-refractivity contribution in [3.05, 3.63) is 69.0 Å². The molecule has 0 bridgehead atoms. The van der Waals surface area contributed by atoms with E-state index >= 15 is 0 Å². The molecule has 0 unspecified atom stereocenters. The second-order valence-electron chi connectivity index (χ2n) is 5.93. The van der Waals surface area contributed by atoms with Gasteiger partial charge < -0.3 is 14.5 Å². The van der Waals surface area contributed by atoms with E-state index in [1.54, 1.807) is 6.07 Å². The topological polar surface area (TPSA) is 68.5 Å². The van der Waals surface area contributed by atoms with Crippen molar-refractivity contribution < 1.29 is 13.9 Å². The number of benzene rings is 2. The van der Waals surface area contributed by atoms with Crippen LogP contribution >= 0.6 is 11.6 Å². The van der Waals surface area contributed by atoms with E-state index in [4.69, 9.17) is 20.8 Å². The standard InChI is InChI=1S/C20H18ClNO4/c1-3-13-8-20(24)26-17-10-18(16(21)9-15(13)17)25-11-19(23)22-14-6-4-12(2)5-7-14/h4-10H,3,11H2,1-2H3,(H,22,23). The van der Waals surface area contributed by atoms with Crippen LogP contribution in [0.4, 0.5) is 5.69 Å². The van der Waals surface area contributed by atoms with Gasteiger partial charge in [0.05, 0.1) is 5.02 Å². The van der Waals surface area contributed by atoms with E-state index in [-0.39, 0.29) is 18.3 Å². The van der Waals surface area contributed by atoms with Crippen molar-refractivity contribution in [2.45, 2.75) is 20.3 Å². The summed E-state index contributed by atoms with van der Waals surface area (Å²) in [6.07, 6.45) is 0.678. The smallest absolute Gasteiger partial charge is 0.336 e. The first-order chi connectivity index (χ1) is 12.5. The number of ether oxygens (including phenoxy) is 1. The fraction of sp³-hybridized carbons (Fsp3) is 0.200. The van der Waals surface area contributed by atoms with E-state index in [1.807, 2.05) is 38.1 Å². The summed E-state index contributed by atoms with van der Waals surface area (Å²) in [5.41, 5.74) is 2.59. The SMILES string of the molecule is CCc1cc(=O)oc2cc(OCC(=O)Nc3ccc(C)cc3)c(Cl)cc12. The van der Waals surface area contributed by atoms with Gasteiger partial charge in [-0.1, -0.05) is 36.2 Å². The minimum atomic E-state index is -0.431. The third-order valence-electron chi connectivity index (χ3n) is 3.96. The number of anilines is 1. The molecule has 0 aliphatic heterocycles.